The van der Waals surface area contributed by atoms with Crippen molar-refractivity contribution in [2.45, 2.75) is 11.4 Å². The van der Waals surface area contributed by atoms with Crippen LogP contribution < -0.4 is 5.43 Å². The highest BCUT2D eigenvalue weighted by atomic mass is 79.9. The molecular formula is C4H4BrN3S. The van der Waals surface area contributed by atoms with Crippen LogP contribution in [0.3, 0.4) is 0 Å². The SMILES string of the molecule is BrC1=NC2C=NNC2S1. The van der Waals surface area contributed by atoms with E-state index in [1.165, 1.54) is 0 Å². The molecule has 48 valence electrons. The minimum atomic E-state index is 0.254. The lowest BCUT2D eigenvalue weighted by Crippen LogP contribution is -2.22. The van der Waals surface area contributed by atoms with Crippen molar-refractivity contribution in [3.63, 3.8) is 0 Å². The van der Waals surface area contributed by atoms with E-state index in [0.717, 1.165) is 3.95 Å². The minimum Gasteiger partial charge on any atom is -0.294 e. The first-order valence-electron chi connectivity index (χ1n) is 2.55. The van der Waals surface area contributed by atoms with Gasteiger partial charge in [-0.2, -0.15) is 5.10 Å². The van der Waals surface area contributed by atoms with Crippen molar-refractivity contribution in [2.75, 3.05) is 0 Å². The van der Waals surface area contributed by atoms with Crippen LogP contribution in [0.5, 0.6) is 0 Å². The summed E-state index contributed by atoms with van der Waals surface area (Å²) in [6.45, 7) is 0. The van der Waals surface area contributed by atoms with Crippen LogP contribution >= 0.6 is 27.7 Å². The molecule has 0 aromatic rings. The Morgan fingerprint density at radius 2 is 2.67 bits per heavy atom. The summed E-state index contributed by atoms with van der Waals surface area (Å²) >= 11 is 4.97. The van der Waals surface area contributed by atoms with Gasteiger partial charge in [0.15, 0.2) is 0 Å². The molecule has 2 heterocycles. The van der Waals surface area contributed by atoms with E-state index in [4.69, 9.17) is 0 Å². The number of nitrogens with one attached hydrogen (secondary N) is 1. The number of halogens is 1. The van der Waals surface area contributed by atoms with Gasteiger partial charge in [0.25, 0.3) is 0 Å². The predicted octanol–water partition coefficient (Wildman–Crippen LogP) is 0.768. The monoisotopic (exact) mass is 205 g/mol. The Morgan fingerprint density at radius 3 is 3.44 bits per heavy atom. The van der Waals surface area contributed by atoms with Crippen LogP contribution in [0.2, 0.25) is 0 Å². The lowest BCUT2D eigenvalue weighted by Gasteiger charge is -2.02. The third-order valence-corrected chi connectivity index (χ3v) is 2.92. The van der Waals surface area contributed by atoms with Gasteiger partial charge in [-0.3, -0.25) is 10.4 Å². The topological polar surface area (TPSA) is 36.8 Å². The van der Waals surface area contributed by atoms with E-state index >= 15 is 0 Å². The molecule has 0 fully saturated rings. The fraction of sp³-hybridized carbons (Fsp3) is 0.500. The maximum absolute atomic E-state index is 4.23. The standard InChI is InChI=1S/C4H4BrN3S/c5-4-7-2-1-6-8-3(2)9-4/h1-3,8H. The number of rotatable bonds is 0. The molecule has 2 atom stereocenters. The summed E-state index contributed by atoms with van der Waals surface area (Å²) in [6.07, 6.45) is 1.83. The average molecular weight is 206 g/mol. The first kappa shape index (κ1) is 5.73. The minimum absolute atomic E-state index is 0.254. The van der Waals surface area contributed by atoms with Crippen LogP contribution in [-0.4, -0.2) is 21.6 Å². The quantitative estimate of drug-likeness (QED) is 0.635. The molecule has 0 aromatic carbocycles. The summed E-state index contributed by atoms with van der Waals surface area (Å²) in [5, 5.41) is 4.23. The molecule has 0 bridgehead atoms. The summed E-state index contributed by atoms with van der Waals surface area (Å²) in [4.78, 5) is 4.23. The number of hydrogen-bond donors (Lipinski definition) is 1. The Kier molecular flexibility index (Phi) is 1.26. The molecule has 0 radical (unpaired) electrons. The molecule has 2 rings (SSSR count). The molecule has 0 aliphatic carbocycles. The van der Waals surface area contributed by atoms with Crippen molar-refractivity contribution < 1.29 is 0 Å². The zero-order valence-corrected chi connectivity index (χ0v) is 6.82. The molecule has 2 aliphatic rings. The lowest BCUT2D eigenvalue weighted by molar-refractivity contribution is 0.717. The van der Waals surface area contributed by atoms with Crippen LogP contribution in [0.4, 0.5) is 0 Å². The molecule has 3 nitrogen and oxygen atoms in total. The molecule has 0 spiro atoms. The molecule has 1 N–H and O–H groups in total. The van der Waals surface area contributed by atoms with Gasteiger partial charge in [-0.25, -0.2) is 0 Å². The van der Waals surface area contributed by atoms with Crippen LogP contribution in [-0.2, 0) is 0 Å². The molecule has 2 unspecified atom stereocenters. The molecular weight excluding hydrogens is 202 g/mol. The molecule has 0 saturated heterocycles. The third-order valence-electron chi connectivity index (χ3n) is 1.21. The first-order valence-corrected chi connectivity index (χ1v) is 4.22. The van der Waals surface area contributed by atoms with Gasteiger partial charge in [0.05, 0.1) is 6.21 Å². The van der Waals surface area contributed by atoms with Crippen molar-refractivity contribution in [3.8, 4) is 0 Å². The number of hydrazone groups is 1. The smallest absolute Gasteiger partial charge is 0.136 e. The van der Waals surface area contributed by atoms with E-state index < -0.39 is 0 Å². The average Bonchev–Trinajstić information content (AvgIpc) is 2.22. The highest BCUT2D eigenvalue weighted by molar-refractivity contribution is 9.22. The van der Waals surface area contributed by atoms with Crippen LogP contribution in [0.25, 0.3) is 0 Å². The second-order valence-electron chi connectivity index (χ2n) is 1.82. The van der Waals surface area contributed by atoms with Crippen molar-refractivity contribution in [2.24, 2.45) is 10.1 Å². The summed E-state index contributed by atoms with van der Waals surface area (Å²) in [5.41, 5.74) is 2.94. The van der Waals surface area contributed by atoms with E-state index in [-0.39, 0.29) is 6.04 Å². The van der Waals surface area contributed by atoms with E-state index in [1.54, 1.807) is 11.8 Å². The second-order valence-corrected chi connectivity index (χ2v) is 4.22. The van der Waals surface area contributed by atoms with E-state index in [0.29, 0.717) is 5.37 Å². The fourth-order valence-electron chi connectivity index (χ4n) is 0.797. The third kappa shape index (κ3) is 0.880. The molecule has 0 amide bonds. The number of thioether (sulfide) groups is 1. The number of nitrogens with zero attached hydrogens (tertiary/aromatic N) is 2. The Labute approximate surface area is 65.1 Å². The molecule has 0 saturated carbocycles. The van der Waals surface area contributed by atoms with Crippen molar-refractivity contribution in [1.29, 1.82) is 0 Å². The zero-order chi connectivity index (χ0) is 6.27. The second kappa shape index (κ2) is 1.98. The summed E-state index contributed by atoms with van der Waals surface area (Å²) in [7, 11) is 0. The van der Waals surface area contributed by atoms with Gasteiger partial charge in [0, 0.05) is 0 Å². The fourth-order valence-corrected chi connectivity index (χ4v) is 2.41. The van der Waals surface area contributed by atoms with Crippen molar-refractivity contribution >= 4 is 37.9 Å². The Bertz CT molecular complexity index is 190. The largest absolute Gasteiger partial charge is 0.294 e. The van der Waals surface area contributed by atoms with Gasteiger partial charge in [-0.05, 0) is 15.9 Å². The molecule has 2 aliphatic heterocycles. The van der Waals surface area contributed by atoms with Gasteiger partial charge < -0.3 is 0 Å². The summed E-state index contributed by atoms with van der Waals surface area (Å²) in [6, 6.07) is 0.254. The Hall–Kier alpha value is -0.0300. The summed E-state index contributed by atoms with van der Waals surface area (Å²) < 4.78 is 0.969. The van der Waals surface area contributed by atoms with Crippen LogP contribution in [0.15, 0.2) is 10.1 Å². The Morgan fingerprint density at radius 1 is 1.78 bits per heavy atom. The van der Waals surface area contributed by atoms with Gasteiger partial charge in [0.1, 0.15) is 15.4 Å². The number of hydrogen-bond acceptors (Lipinski definition) is 4. The normalized spacial score (nSPS) is 38.1. The molecule has 9 heavy (non-hydrogen) atoms. The number of fused-ring (bicyclic) bond motifs is 1. The Balaban J connectivity index is 2.21. The lowest BCUT2D eigenvalue weighted by atomic mass is 10.4. The van der Waals surface area contributed by atoms with Crippen molar-refractivity contribution in [1.82, 2.24) is 5.43 Å². The maximum atomic E-state index is 4.23. The predicted molar refractivity (Wildman–Crippen MR) is 43.2 cm³/mol. The maximum Gasteiger partial charge on any atom is 0.136 e. The number of aliphatic imine (C=N–C) groups is 1. The molecule has 5 heteroatoms. The van der Waals surface area contributed by atoms with Gasteiger partial charge in [-0.1, -0.05) is 11.8 Å². The summed E-state index contributed by atoms with van der Waals surface area (Å²) in [5.74, 6) is 0. The highest BCUT2D eigenvalue weighted by Gasteiger charge is 2.30. The molecule has 0 aromatic heterocycles. The highest BCUT2D eigenvalue weighted by Crippen LogP contribution is 2.29. The van der Waals surface area contributed by atoms with E-state index in [9.17, 15) is 0 Å². The van der Waals surface area contributed by atoms with Gasteiger partial charge in [0.2, 0.25) is 0 Å². The van der Waals surface area contributed by atoms with Crippen LogP contribution in [0.1, 0.15) is 0 Å². The van der Waals surface area contributed by atoms with Gasteiger partial charge in [-0.15, -0.1) is 0 Å². The van der Waals surface area contributed by atoms with E-state index in [1.807, 2.05) is 6.21 Å². The van der Waals surface area contributed by atoms with Crippen LogP contribution in [0, 0.1) is 0 Å². The zero-order valence-electron chi connectivity index (χ0n) is 4.41. The van der Waals surface area contributed by atoms with Crippen molar-refractivity contribution in [3.05, 3.63) is 0 Å². The first-order chi connectivity index (χ1) is 4.36. The van der Waals surface area contributed by atoms with E-state index in [2.05, 4.69) is 31.4 Å². The van der Waals surface area contributed by atoms with Gasteiger partial charge >= 0.3 is 0 Å².